The van der Waals surface area contributed by atoms with Gasteiger partial charge in [0.1, 0.15) is 6.10 Å². The largest absolute Gasteiger partial charge is 0.385 e. The lowest BCUT2D eigenvalue weighted by atomic mass is 10.2. The van der Waals surface area contributed by atoms with Gasteiger partial charge in [-0.3, -0.25) is 9.59 Å². The highest BCUT2D eigenvalue weighted by molar-refractivity contribution is 6.39. The number of aryl methyl sites for hydroxylation is 1. The van der Waals surface area contributed by atoms with E-state index in [2.05, 4.69) is 5.32 Å². The summed E-state index contributed by atoms with van der Waals surface area (Å²) in [4.78, 5) is 22.6. The number of alkyl halides is 2. The average Bonchev–Trinajstić information content (AvgIpc) is 2.37. The van der Waals surface area contributed by atoms with Crippen molar-refractivity contribution in [1.29, 1.82) is 0 Å². The summed E-state index contributed by atoms with van der Waals surface area (Å²) in [5, 5.41) is 13.0. The highest BCUT2D eigenvalue weighted by Gasteiger charge is 2.20. The van der Waals surface area contributed by atoms with E-state index >= 15 is 0 Å². The molecular formula is C12H14F2N2O3. The molecule has 104 valence electrons. The van der Waals surface area contributed by atoms with Gasteiger partial charge in [0.05, 0.1) is 0 Å². The summed E-state index contributed by atoms with van der Waals surface area (Å²) in [5.74, 6) is -2.06. The molecule has 0 saturated carbocycles. The molecule has 0 spiro atoms. The fourth-order valence-corrected chi connectivity index (χ4v) is 1.19. The molecule has 1 aromatic carbocycles. The maximum Gasteiger partial charge on any atom is 0.313 e. The number of hydrogen-bond donors (Lipinski definition) is 3. The minimum Gasteiger partial charge on any atom is -0.385 e. The first kappa shape index (κ1) is 15.0. The van der Waals surface area contributed by atoms with E-state index < -0.39 is 30.9 Å². The third-order valence-corrected chi connectivity index (χ3v) is 2.28. The van der Waals surface area contributed by atoms with Crippen molar-refractivity contribution in [2.24, 2.45) is 0 Å². The van der Waals surface area contributed by atoms with Crippen LogP contribution >= 0.6 is 0 Å². The predicted octanol–water partition coefficient (Wildman–Crippen LogP) is 0.676. The first-order valence-electron chi connectivity index (χ1n) is 5.52. The third-order valence-electron chi connectivity index (χ3n) is 2.28. The Morgan fingerprint density at radius 3 is 2.32 bits per heavy atom. The fraction of sp³-hybridized carbons (Fsp3) is 0.333. The lowest BCUT2D eigenvalue weighted by Gasteiger charge is -2.10. The van der Waals surface area contributed by atoms with Crippen LogP contribution in [0.4, 0.5) is 14.5 Å². The fourth-order valence-electron chi connectivity index (χ4n) is 1.19. The molecule has 3 N–H and O–H groups in total. The Morgan fingerprint density at radius 1 is 1.21 bits per heavy atom. The van der Waals surface area contributed by atoms with Gasteiger partial charge < -0.3 is 15.7 Å². The van der Waals surface area contributed by atoms with Crippen LogP contribution in [0.25, 0.3) is 0 Å². The second kappa shape index (κ2) is 6.79. The van der Waals surface area contributed by atoms with Crippen LogP contribution in [0.3, 0.4) is 0 Å². The highest BCUT2D eigenvalue weighted by atomic mass is 19.3. The minimum absolute atomic E-state index is 0.417. The van der Waals surface area contributed by atoms with E-state index in [1.807, 2.05) is 12.2 Å². The molecule has 1 unspecified atom stereocenters. The number of benzene rings is 1. The van der Waals surface area contributed by atoms with Gasteiger partial charge in [0.15, 0.2) is 0 Å². The molecule has 1 atom stereocenters. The van der Waals surface area contributed by atoms with Crippen molar-refractivity contribution in [3.63, 3.8) is 0 Å². The van der Waals surface area contributed by atoms with E-state index in [0.717, 1.165) is 5.56 Å². The van der Waals surface area contributed by atoms with Crippen LogP contribution in [-0.4, -0.2) is 36.0 Å². The van der Waals surface area contributed by atoms with Gasteiger partial charge in [0, 0.05) is 12.2 Å². The highest BCUT2D eigenvalue weighted by Crippen LogP contribution is 2.08. The number of amides is 2. The first-order valence-corrected chi connectivity index (χ1v) is 5.52. The molecule has 0 bridgehead atoms. The van der Waals surface area contributed by atoms with Gasteiger partial charge in [-0.25, -0.2) is 8.78 Å². The Bertz CT molecular complexity index is 449. The number of rotatable bonds is 4. The summed E-state index contributed by atoms with van der Waals surface area (Å²) in [7, 11) is 0. The Hall–Kier alpha value is -2.02. The molecule has 2 amide bonds. The summed E-state index contributed by atoms with van der Waals surface area (Å²) in [6, 6.07) is 6.70. The van der Waals surface area contributed by atoms with Crippen molar-refractivity contribution in [2.45, 2.75) is 19.5 Å². The molecule has 0 fully saturated rings. The normalized spacial score (nSPS) is 12.1. The zero-order chi connectivity index (χ0) is 14.4. The van der Waals surface area contributed by atoms with Crippen LogP contribution in [0.15, 0.2) is 24.3 Å². The van der Waals surface area contributed by atoms with E-state index in [0.29, 0.717) is 5.69 Å². The molecule has 5 nitrogen and oxygen atoms in total. The Labute approximate surface area is 108 Å². The minimum atomic E-state index is -2.97. The molecule has 0 heterocycles. The van der Waals surface area contributed by atoms with Crippen molar-refractivity contribution < 1.29 is 23.5 Å². The van der Waals surface area contributed by atoms with E-state index in [1.54, 1.807) is 24.3 Å². The Kier molecular flexibility index (Phi) is 5.37. The zero-order valence-electron chi connectivity index (χ0n) is 10.2. The number of anilines is 1. The van der Waals surface area contributed by atoms with E-state index in [4.69, 9.17) is 5.11 Å². The number of carbonyl (C=O) groups excluding carboxylic acids is 2. The van der Waals surface area contributed by atoms with Crippen molar-refractivity contribution in [2.75, 3.05) is 11.9 Å². The lowest BCUT2D eigenvalue weighted by molar-refractivity contribution is -0.136. The van der Waals surface area contributed by atoms with Gasteiger partial charge in [-0.1, -0.05) is 17.7 Å². The molecule has 1 aromatic rings. The molecule has 0 aliphatic heterocycles. The Morgan fingerprint density at radius 2 is 1.79 bits per heavy atom. The van der Waals surface area contributed by atoms with Crippen molar-refractivity contribution in [1.82, 2.24) is 5.32 Å². The topological polar surface area (TPSA) is 78.4 Å². The quantitative estimate of drug-likeness (QED) is 0.705. The van der Waals surface area contributed by atoms with Crippen LogP contribution in [0.1, 0.15) is 5.56 Å². The third kappa shape index (κ3) is 5.01. The monoisotopic (exact) mass is 272 g/mol. The van der Waals surface area contributed by atoms with Crippen molar-refractivity contribution in [3.05, 3.63) is 29.8 Å². The van der Waals surface area contributed by atoms with Crippen molar-refractivity contribution in [3.8, 4) is 0 Å². The van der Waals surface area contributed by atoms with Crippen LogP contribution < -0.4 is 10.6 Å². The molecule has 0 saturated heterocycles. The Balaban J connectivity index is 2.45. The van der Waals surface area contributed by atoms with Gasteiger partial charge >= 0.3 is 11.8 Å². The number of aliphatic hydroxyl groups is 1. The molecule has 19 heavy (non-hydrogen) atoms. The molecular weight excluding hydrogens is 258 g/mol. The van der Waals surface area contributed by atoms with E-state index in [-0.39, 0.29) is 0 Å². The maximum atomic E-state index is 12.0. The standard InChI is InChI=1S/C12H14F2N2O3/c1-7-2-4-8(5-3-7)16-12(19)11(18)15-6-9(17)10(13)14/h2-5,9-10,17H,6H2,1H3,(H,15,18)(H,16,19). The molecule has 7 heteroatoms. The first-order chi connectivity index (χ1) is 8.90. The number of aliphatic hydroxyl groups excluding tert-OH is 1. The summed E-state index contributed by atoms with van der Waals surface area (Å²) < 4.78 is 23.9. The second-order valence-corrected chi connectivity index (χ2v) is 3.93. The number of carbonyl (C=O) groups is 2. The number of hydrogen-bond acceptors (Lipinski definition) is 3. The summed E-state index contributed by atoms with van der Waals surface area (Å²) in [5.41, 5.74) is 1.41. The van der Waals surface area contributed by atoms with Crippen LogP contribution in [0.5, 0.6) is 0 Å². The van der Waals surface area contributed by atoms with E-state index in [9.17, 15) is 18.4 Å². The molecule has 0 aliphatic rings. The number of halogens is 2. The van der Waals surface area contributed by atoms with Gasteiger partial charge in [-0.15, -0.1) is 0 Å². The average molecular weight is 272 g/mol. The molecule has 0 aromatic heterocycles. The lowest BCUT2D eigenvalue weighted by Crippen LogP contribution is -2.41. The summed E-state index contributed by atoms with van der Waals surface area (Å²) in [6.45, 7) is 1.18. The number of nitrogens with one attached hydrogen (secondary N) is 2. The van der Waals surface area contributed by atoms with Gasteiger partial charge in [0.25, 0.3) is 6.43 Å². The maximum absolute atomic E-state index is 12.0. The van der Waals surface area contributed by atoms with Gasteiger partial charge in [-0.2, -0.15) is 0 Å². The van der Waals surface area contributed by atoms with E-state index in [1.165, 1.54) is 0 Å². The molecule has 0 aliphatic carbocycles. The second-order valence-electron chi connectivity index (χ2n) is 3.93. The molecule has 1 rings (SSSR count). The smallest absolute Gasteiger partial charge is 0.313 e. The summed E-state index contributed by atoms with van der Waals surface area (Å²) >= 11 is 0. The SMILES string of the molecule is Cc1ccc(NC(=O)C(=O)NCC(O)C(F)F)cc1. The van der Waals surface area contributed by atoms with Gasteiger partial charge in [-0.05, 0) is 19.1 Å². The van der Waals surface area contributed by atoms with Gasteiger partial charge in [0.2, 0.25) is 0 Å². The zero-order valence-corrected chi connectivity index (χ0v) is 10.2. The van der Waals surface area contributed by atoms with Crippen LogP contribution in [0, 0.1) is 6.92 Å². The van der Waals surface area contributed by atoms with Crippen LogP contribution in [-0.2, 0) is 9.59 Å². The van der Waals surface area contributed by atoms with Crippen molar-refractivity contribution >= 4 is 17.5 Å². The molecule has 0 radical (unpaired) electrons. The van der Waals surface area contributed by atoms with Crippen LogP contribution in [0.2, 0.25) is 0 Å². The summed E-state index contributed by atoms with van der Waals surface area (Å²) in [6.07, 6.45) is -4.96. The predicted molar refractivity (Wildman–Crippen MR) is 64.8 cm³/mol.